The maximum Gasteiger partial charge on any atom is 0.264 e. The molecular formula is C19H20ClN5O2. The molecule has 1 amide bonds. The zero-order chi connectivity index (χ0) is 19.0. The van der Waals surface area contributed by atoms with E-state index in [2.05, 4.69) is 17.0 Å². The number of halogens is 1. The molecule has 0 spiro atoms. The Morgan fingerprint density at radius 3 is 2.89 bits per heavy atom. The SMILES string of the molecule is C[C@H]1CCCCN1C(=O)Cn1cnc2c(cnn2-c2ccccc2Cl)c1=O. The molecule has 7 nitrogen and oxygen atoms in total. The largest absolute Gasteiger partial charge is 0.338 e. The number of piperidine rings is 1. The molecule has 0 aliphatic carbocycles. The van der Waals surface area contributed by atoms with Gasteiger partial charge in [0.15, 0.2) is 5.65 Å². The molecule has 0 radical (unpaired) electrons. The quantitative estimate of drug-likeness (QED) is 0.694. The van der Waals surface area contributed by atoms with Crippen molar-refractivity contribution in [3.05, 3.63) is 52.2 Å². The Balaban J connectivity index is 1.67. The minimum atomic E-state index is -0.281. The van der Waals surface area contributed by atoms with Gasteiger partial charge in [0.05, 0.1) is 16.9 Å². The number of nitrogens with zero attached hydrogens (tertiary/aromatic N) is 5. The van der Waals surface area contributed by atoms with E-state index < -0.39 is 0 Å². The average molecular weight is 386 g/mol. The van der Waals surface area contributed by atoms with E-state index in [9.17, 15) is 9.59 Å². The lowest BCUT2D eigenvalue weighted by Gasteiger charge is -2.33. The smallest absolute Gasteiger partial charge is 0.264 e. The predicted octanol–water partition coefficient (Wildman–Crippen LogP) is 2.64. The fourth-order valence-electron chi connectivity index (χ4n) is 3.57. The summed E-state index contributed by atoms with van der Waals surface area (Å²) in [6, 6.07) is 7.44. The van der Waals surface area contributed by atoms with E-state index in [1.807, 2.05) is 23.1 Å². The molecule has 4 rings (SSSR count). The summed E-state index contributed by atoms with van der Waals surface area (Å²) in [7, 11) is 0. The minimum Gasteiger partial charge on any atom is -0.338 e. The molecule has 1 aromatic carbocycles. The van der Waals surface area contributed by atoms with Gasteiger partial charge in [0.1, 0.15) is 18.3 Å². The number of carbonyl (C=O) groups excluding carboxylic acids is 1. The Morgan fingerprint density at radius 1 is 1.30 bits per heavy atom. The second-order valence-electron chi connectivity index (χ2n) is 6.85. The summed E-state index contributed by atoms with van der Waals surface area (Å²) in [5, 5.41) is 5.15. The van der Waals surface area contributed by atoms with Crippen LogP contribution in [0.15, 0.2) is 41.6 Å². The topological polar surface area (TPSA) is 73.0 Å². The van der Waals surface area contributed by atoms with Crippen LogP contribution in [0.4, 0.5) is 0 Å². The monoisotopic (exact) mass is 385 g/mol. The number of likely N-dealkylation sites (tertiary alicyclic amines) is 1. The molecule has 0 bridgehead atoms. The van der Waals surface area contributed by atoms with E-state index in [1.54, 1.807) is 6.07 Å². The van der Waals surface area contributed by atoms with Crippen LogP contribution < -0.4 is 5.56 Å². The third-order valence-electron chi connectivity index (χ3n) is 5.06. The van der Waals surface area contributed by atoms with Crippen molar-refractivity contribution >= 4 is 28.5 Å². The second-order valence-corrected chi connectivity index (χ2v) is 7.26. The lowest BCUT2D eigenvalue weighted by Crippen LogP contribution is -2.44. The molecule has 27 heavy (non-hydrogen) atoms. The number of fused-ring (bicyclic) bond motifs is 1. The lowest BCUT2D eigenvalue weighted by molar-refractivity contribution is -0.135. The molecule has 1 saturated heterocycles. The van der Waals surface area contributed by atoms with E-state index >= 15 is 0 Å². The number of amides is 1. The molecule has 2 aromatic heterocycles. The van der Waals surface area contributed by atoms with Crippen LogP contribution in [-0.2, 0) is 11.3 Å². The van der Waals surface area contributed by atoms with Gasteiger partial charge in [-0.15, -0.1) is 0 Å². The van der Waals surface area contributed by atoms with Gasteiger partial charge in [-0.25, -0.2) is 9.67 Å². The zero-order valence-electron chi connectivity index (χ0n) is 15.0. The first-order chi connectivity index (χ1) is 13.1. The second kappa shape index (κ2) is 7.15. The van der Waals surface area contributed by atoms with Crippen LogP contribution in [0.5, 0.6) is 0 Å². The van der Waals surface area contributed by atoms with E-state index in [-0.39, 0.29) is 24.1 Å². The number of hydrogen-bond acceptors (Lipinski definition) is 4. The Morgan fingerprint density at radius 2 is 2.11 bits per heavy atom. The van der Waals surface area contributed by atoms with Crippen LogP contribution in [0, 0.1) is 0 Å². The zero-order valence-corrected chi connectivity index (χ0v) is 15.8. The number of benzene rings is 1. The van der Waals surface area contributed by atoms with Gasteiger partial charge in [0, 0.05) is 12.6 Å². The molecule has 8 heteroatoms. The normalized spacial score (nSPS) is 17.4. The van der Waals surface area contributed by atoms with Crippen LogP contribution >= 0.6 is 11.6 Å². The average Bonchev–Trinajstić information content (AvgIpc) is 3.09. The molecule has 3 aromatic rings. The maximum atomic E-state index is 12.8. The molecule has 1 aliphatic rings. The van der Waals surface area contributed by atoms with Gasteiger partial charge < -0.3 is 4.90 Å². The lowest BCUT2D eigenvalue weighted by atomic mass is 10.0. The molecule has 140 valence electrons. The summed E-state index contributed by atoms with van der Waals surface area (Å²) in [6.07, 6.45) is 6.03. The number of aromatic nitrogens is 4. The third-order valence-corrected chi connectivity index (χ3v) is 5.38. The highest BCUT2D eigenvalue weighted by Crippen LogP contribution is 2.22. The number of rotatable bonds is 3. The number of para-hydroxylation sites is 1. The van der Waals surface area contributed by atoms with Gasteiger partial charge in [-0.05, 0) is 38.3 Å². The van der Waals surface area contributed by atoms with Crippen molar-refractivity contribution in [3.63, 3.8) is 0 Å². The van der Waals surface area contributed by atoms with Gasteiger partial charge in [-0.2, -0.15) is 5.10 Å². The summed E-state index contributed by atoms with van der Waals surface area (Å²) in [5.74, 6) is -0.0519. The Labute approximate surface area is 161 Å². The predicted molar refractivity (Wildman–Crippen MR) is 103 cm³/mol. The van der Waals surface area contributed by atoms with E-state index in [0.29, 0.717) is 21.7 Å². The highest BCUT2D eigenvalue weighted by molar-refractivity contribution is 6.32. The maximum absolute atomic E-state index is 12.8. The summed E-state index contributed by atoms with van der Waals surface area (Å²) in [5.41, 5.74) is 0.788. The summed E-state index contributed by atoms with van der Waals surface area (Å²) >= 11 is 6.23. The molecule has 0 saturated carbocycles. The molecule has 1 aliphatic heterocycles. The van der Waals surface area contributed by atoms with Crippen molar-refractivity contribution in [3.8, 4) is 5.69 Å². The van der Waals surface area contributed by atoms with Gasteiger partial charge in [-0.3, -0.25) is 14.2 Å². The fraction of sp³-hybridized carbons (Fsp3) is 0.368. The summed E-state index contributed by atoms with van der Waals surface area (Å²) < 4.78 is 2.89. The van der Waals surface area contributed by atoms with Gasteiger partial charge in [-0.1, -0.05) is 23.7 Å². The number of hydrogen-bond donors (Lipinski definition) is 0. The molecule has 0 unspecified atom stereocenters. The third kappa shape index (κ3) is 3.23. The Hall–Kier alpha value is -2.67. The van der Waals surface area contributed by atoms with Gasteiger partial charge in [0.2, 0.25) is 5.91 Å². The molecule has 1 atom stereocenters. The standard InChI is InChI=1S/C19H20ClN5O2/c1-13-6-4-5-9-24(13)17(26)11-23-12-21-18-14(19(23)27)10-22-25(18)16-8-3-2-7-15(16)20/h2-3,7-8,10,12-13H,4-6,9,11H2,1H3/t13-/m0/s1. The highest BCUT2D eigenvalue weighted by atomic mass is 35.5. The van der Waals surface area contributed by atoms with E-state index in [1.165, 1.54) is 21.8 Å². The molecule has 0 N–H and O–H groups in total. The fourth-order valence-corrected chi connectivity index (χ4v) is 3.78. The highest BCUT2D eigenvalue weighted by Gasteiger charge is 2.24. The number of carbonyl (C=O) groups is 1. The first-order valence-corrected chi connectivity index (χ1v) is 9.41. The van der Waals surface area contributed by atoms with Crippen LogP contribution in [0.1, 0.15) is 26.2 Å². The van der Waals surface area contributed by atoms with Crippen LogP contribution in [0.25, 0.3) is 16.7 Å². The van der Waals surface area contributed by atoms with Crippen molar-refractivity contribution in [2.24, 2.45) is 0 Å². The summed E-state index contributed by atoms with van der Waals surface area (Å²) in [4.78, 5) is 31.7. The van der Waals surface area contributed by atoms with Crippen molar-refractivity contribution in [2.75, 3.05) is 6.54 Å². The van der Waals surface area contributed by atoms with Crippen LogP contribution in [-0.4, -0.2) is 42.7 Å². The Bertz CT molecular complexity index is 1060. The molecule has 3 heterocycles. The van der Waals surface area contributed by atoms with E-state index in [4.69, 9.17) is 11.6 Å². The van der Waals surface area contributed by atoms with Gasteiger partial charge in [0.25, 0.3) is 5.56 Å². The molecule has 1 fully saturated rings. The van der Waals surface area contributed by atoms with E-state index in [0.717, 1.165) is 25.8 Å². The first-order valence-electron chi connectivity index (χ1n) is 9.04. The van der Waals surface area contributed by atoms with Crippen LogP contribution in [0.2, 0.25) is 5.02 Å². The van der Waals surface area contributed by atoms with Crippen molar-refractivity contribution in [2.45, 2.75) is 38.8 Å². The minimum absolute atomic E-state index is 0.0105. The van der Waals surface area contributed by atoms with Crippen LogP contribution in [0.3, 0.4) is 0 Å². The Kier molecular flexibility index (Phi) is 4.70. The van der Waals surface area contributed by atoms with Gasteiger partial charge >= 0.3 is 0 Å². The van der Waals surface area contributed by atoms with Crippen molar-refractivity contribution in [1.82, 2.24) is 24.2 Å². The molecular weight excluding hydrogens is 366 g/mol. The van der Waals surface area contributed by atoms with Crippen molar-refractivity contribution in [1.29, 1.82) is 0 Å². The van der Waals surface area contributed by atoms with Crippen molar-refractivity contribution < 1.29 is 4.79 Å². The first kappa shape index (κ1) is 17.7. The summed E-state index contributed by atoms with van der Waals surface area (Å²) in [6.45, 7) is 2.78.